The quantitative estimate of drug-likeness (QED) is 0.0278. The van der Waals surface area contributed by atoms with E-state index in [0.717, 1.165) is 38.5 Å². The van der Waals surface area contributed by atoms with Crippen LogP contribution in [0.4, 0.5) is 0 Å². The summed E-state index contributed by atoms with van der Waals surface area (Å²) in [6.45, 7) is 4.51. The van der Waals surface area contributed by atoms with Gasteiger partial charge < -0.3 is 18.9 Å². The van der Waals surface area contributed by atoms with Gasteiger partial charge in [0.05, 0.1) is 27.7 Å². The van der Waals surface area contributed by atoms with Gasteiger partial charge in [-0.15, -0.1) is 0 Å². The number of ether oxygens (including phenoxy) is 2. The van der Waals surface area contributed by atoms with Crippen LogP contribution in [0.3, 0.4) is 0 Å². The number of quaternary nitrogens is 1. The Balaban J connectivity index is 4.08. The zero-order valence-electron chi connectivity index (χ0n) is 46.1. The van der Waals surface area contributed by atoms with Crippen molar-refractivity contribution in [1.29, 1.82) is 0 Å². The summed E-state index contributed by atoms with van der Waals surface area (Å²) in [6.07, 6.45) is 57.4. The van der Waals surface area contributed by atoms with Crippen molar-refractivity contribution < 1.29 is 42.1 Å². The molecule has 0 aromatic heterocycles. The zero-order chi connectivity index (χ0) is 49.9. The molecular formula is C58H117NO8P+. The molecule has 0 bridgehead atoms. The maximum Gasteiger partial charge on any atom is 0.472 e. The molecule has 0 aromatic carbocycles. The fourth-order valence-electron chi connectivity index (χ4n) is 9.02. The number of hydrogen-bond donors (Lipinski definition) is 1. The summed E-state index contributed by atoms with van der Waals surface area (Å²) < 4.78 is 34.6. The number of carbonyl (C=O) groups excluding carboxylic acids is 2. The molecule has 0 heterocycles. The lowest BCUT2D eigenvalue weighted by molar-refractivity contribution is -0.870. The van der Waals surface area contributed by atoms with Gasteiger partial charge in [-0.3, -0.25) is 18.6 Å². The van der Waals surface area contributed by atoms with E-state index in [0.29, 0.717) is 17.4 Å². The van der Waals surface area contributed by atoms with Crippen molar-refractivity contribution in [3.63, 3.8) is 0 Å². The van der Waals surface area contributed by atoms with Gasteiger partial charge in [0, 0.05) is 12.8 Å². The average molecular weight is 988 g/mol. The normalized spacial score (nSPS) is 13.2. The molecule has 0 saturated heterocycles. The summed E-state index contributed by atoms with van der Waals surface area (Å²) in [5, 5.41) is 0. The molecule has 9 nitrogen and oxygen atoms in total. The molecular weight excluding hydrogens is 870 g/mol. The molecule has 1 N–H and O–H groups in total. The van der Waals surface area contributed by atoms with E-state index in [1.165, 1.54) is 244 Å². The lowest BCUT2D eigenvalue weighted by atomic mass is 10.0. The molecule has 10 heteroatoms. The van der Waals surface area contributed by atoms with E-state index in [9.17, 15) is 19.0 Å². The molecule has 0 radical (unpaired) electrons. The fourth-order valence-corrected chi connectivity index (χ4v) is 9.76. The third-order valence-electron chi connectivity index (χ3n) is 13.6. The number of rotatable bonds is 56. The third kappa shape index (κ3) is 54.3. The summed E-state index contributed by atoms with van der Waals surface area (Å²) in [5.74, 6) is -0.772. The van der Waals surface area contributed by atoms with Crippen LogP contribution >= 0.6 is 7.82 Å². The van der Waals surface area contributed by atoms with Gasteiger partial charge >= 0.3 is 19.8 Å². The number of esters is 2. The first-order chi connectivity index (χ1) is 33.0. The van der Waals surface area contributed by atoms with Gasteiger partial charge in [-0.2, -0.15) is 0 Å². The molecule has 0 fully saturated rings. The van der Waals surface area contributed by atoms with Crippen LogP contribution < -0.4 is 0 Å². The Morgan fingerprint density at radius 1 is 0.397 bits per heavy atom. The highest BCUT2D eigenvalue weighted by Crippen LogP contribution is 2.43. The number of unbranched alkanes of at least 4 members (excludes halogenated alkanes) is 42. The van der Waals surface area contributed by atoms with Crippen LogP contribution in [0.5, 0.6) is 0 Å². The van der Waals surface area contributed by atoms with E-state index in [-0.39, 0.29) is 25.6 Å². The van der Waals surface area contributed by atoms with Gasteiger partial charge in [0.15, 0.2) is 6.10 Å². The highest BCUT2D eigenvalue weighted by Gasteiger charge is 2.27. The molecule has 0 aliphatic rings. The minimum Gasteiger partial charge on any atom is -0.462 e. The van der Waals surface area contributed by atoms with Gasteiger partial charge in [0.1, 0.15) is 19.8 Å². The standard InChI is InChI=1S/C58H116NO8P/c1-6-8-10-12-14-16-18-20-22-24-26-27-28-29-30-31-33-35-37-39-41-43-45-47-49-51-58(61)67-56(55-66-68(62,63)65-53-52-59(3,4)5)54-64-57(60)50-48-46-44-42-40-38-36-34-32-25-23-21-19-17-15-13-11-9-7-2/h56H,6-55H2,1-5H3/p+1. The van der Waals surface area contributed by atoms with E-state index in [4.69, 9.17) is 18.5 Å². The Kier molecular flexibility index (Phi) is 50.2. The smallest absolute Gasteiger partial charge is 0.462 e. The topological polar surface area (TPSA) is 108 Å². The number of hydrogen-bond acceptors (Lipinski definition) is 7. The van der Waals surface area contributed by atoms with Crippen LogP contribution in [0.15, 0.2) is 0 Å². The second-order valence-electron chi connectivity index (χ2n) is 21.8. The Hall–Kier alpha value is -0.990. The van der Waals surface area contributed by atoms with Crippen molar-refractivity contribution in [1.82, 2.24) is 0 Å². The molecule has 0 rings (SSSR count). The largest absolute Gasteiger partial charge is 0.472 e. The Bertz CT molecular complexity index is 1120. The van der Waals surface area contributed by atoms with Crippen molar-refractivity contribution in [2.45, 2.75) is 315 Å². The maximum absolute atomic E-state index is 12.8. The van der Waals surface area contributed by atoms with Crippen molar-refractivity contribution >= 4 is 19.8 Å². The average Bonchev–Trinajstić information content (AvgIpc) is 3.30. The first kappa shape index (κ1) is 67.0. The molecule has 0 aromatic rings. The summed E-state index contributed by atoms with van der Waals surface area (Å²) in [4.78, 5) is 35.7. The minimum absolute atomic E-state index is 0.0374. The van der Waals surface area contributed by atoms with Crippen LogP contribution in [0.1, 0.15) is 309 Å². The molecule has 0 amide bonds. The predicted molar refractivity (Wildman–Crippen MR) is 289 cm³/mol. The molecule has 2 unspecified atom stereocenters. The van der Waals surface area contributed by atoms with Crippen LogP contribution in [0.2, 0.25) is 0 Å². The van der Waals surface area contributed by atoms with Crippen molar-refractivity contribution in [2.75, 3.05) is 47.5 Å². The Labute approximate surface area is 423 Å². The van der Waals surface area contributed by atoms with Gasteiger partial charge in [-0.05, 0) is 12.8 Å². The summed E-state index contributed by atoms with van der Waals surface area (Å²) in [6, 6.07) is 0. The van der Waals surface area contributed by atoms with Crippen molar-refractivity contribution in [3.05, 3.63) is 0 Å². The first-order valence-electron chi connectivity index (χ1n) is 29.8. The minimum atomic E-state index is -4.38. The monoisotopic (exact) mass is 987 g/mol. The fraction of sp³-hybridized carbons (Fsp3) is 0.966. The number of phosphoric ester groups is 1. The molecule has 0 aliphatic heterocycles. The SMILES string of the molecule is CCCCCCCCCCCCCCCCCCCCCCCCCCCC(=O)OC(COC(=O)CCCCCCCCCCCCCCCCCCCCC)COP(=O)(O)OCC[N+](C)(C)C. The second kappa shape index (κ2) is 50.9. The second-order valence-corrected chi connectivity index (χ2v) is 23.2. The summed E-state index contributed by atoms with van der Waals surface area (Å²) in [5.41, 5.74) is 0. The lowest BCUT2D eigenvalue weighted by Gasteiger charge is -2.24. The van der Waals surface area contributed by atoms with Crippen LogP contribution in [-0.2, 0) is 32.7 Å². The van der Waals surface area contributed by atoms with Crippen LogP contribution in [0.25, 0.3) is 0 Å². The Morgan fingerprint density at radius 2 is 0.662 bits per heavy atom. The summed E-state index contributed by atoms with van der Waals surface area (Å²) >= 11 is 0. The molecule has 0 saturated carbocycles. The zero-order valence-corrected chi connectivity index (χ0v) is 47.0. The molecule has 68 heavy (non-hydrogen) atoms. The number of likely N-dealkylation sites (N-methyl/N-ethyl adjacent to an activating group) is 1. The maximum atomic E-state index is 12.8. The van der Waals surface area contributed by atoms with Crippen LogP contribution in [0, 0.1) is 0 Å². The molecule has 0 spiro atoms. The van der Waals surface area contributed by atoms with Crippen molar-refractivity contribution in [2.24, 2.45) is 0 Å². The molecule has 2 atom stereocenters. The van der Waals surface area contributed by atoms with Crippen LogP contribution in [-0.4, -0.2) is 74.9 Å². The van der Waals surface area contributed by atoms with E-state index in [1.807, 2.05) is 21.1 Å². The van der Waals surface area contributed by atoms with Crippen molar-refractivity contribution in [3.8, 4) is 0 Å². The van der Waals surface area contributed by atoms with E-state index >= 15 is 0 Å². The molecule has 0 aliphatic carbocycles. The summed E-state index contributed by atoms with van der Waals surface area (Å²) in [7, 11) is 1.50. The predicted octanol–water partition coefficient (Wildman–Crippen LogP) is 18.3. The van der Waals surface area contributed by atoms with Gasteiger partial charge in [-0.25, -0.2) is 4.57 Å². The van der Waals surface area contributed by atoms with E-state index in [1.54, 1.807) is 0 Å². The highest BCUT2D eigenvalue weighted by molar-refractivity contribution is 7.47. The number of nitrogens with zero attached hydrogens (tertiary/aromatic N) is 1. The Morgan fingerprint density at radius 3 is 0.941 bits per heavy atom. The van der Waals surface area contributed by atoms with Gasteiger partial charge in [0.25, 0.3) is 0 Å². The van der Waals surface area contributed by atoms with E-state index < -0.39 is 26.5 Å². The van der Waals surface area contributed by atoms with Gasteiger partial charge in [0.2, 0.25) is 0 Å². The number of phosphoric acid groups is 1. The lowest BCUT2D eigenvalue weighted by Crippen LogP contribution is -2.37. The highest BCUT2D eigenvalue weighted by atomic mass is 31.2. The van der Waals surface area contributed by atoms with E-state index in [2.05, 4.69) is 13.8 Å². The first-order valence-corrected chi connectivity index (χ1v) is 31.3. The molecule has 406 valence electrons. The third-order valence-corrected chi connectivity index (χ3v) is 14.6. The van der Waals surface area contributed by atoms with Gasteiger partial charge in [-0.1, -0.05) is 284 Å². The number of carbonyl (C=O) groups is 2.